The largest absolute Gasteiger partial charge is 0.462 e. The first-order valence-electron chi connectivity index (χ1n) is 7.61. The maximum absolute atomic E-state index is 12.6. The number of nitrogens with zero attached hydrogens (tertiary/aromatic N) is 1. The van der Waals surface area contributed by atoms with Crippen molar-refractivity contribution in [1.29, 1.82) is 0 Å². The minimum atomic E-state index is -0.366. The van der Waals surface area contributed by atoms with E-state index >= 15 is 0 Å². The third-order valence-electron chi connectivity index (χ3n) is 4.20. The molecule has 116 valence electrons. The molecule has 1 aliphatic rings. The predicted octanol–water partition coefficient (Wildman–Crippen LogP) is 2.68. The van der Waals surface area contributed by atoms with Gasteiger partial charge in [0.2, 0.25) is 0 Å². The summed E-state index contributed by atoms with van der Waals surface area (Å²) < 4.78 is 5.06. The van der Waals surface area contributed by atoms with Gasteiger partial charge in [0.05, 0.1) is 12.2 Å². The molecule has 5 nitrogen and oxygen atoms in total. The number of rotatable bonds is 3. The van der Waals surface area contributed by atoms with E-state index in [2.05, 4.69) is 11.9 Å². The first-order valence-corrected chi connectivity index (χ1v) is 7.61. The number of esters is 1. The highest BCUT2D eigenvalue weighted by atomic mass is 16.5. The summed E-state index contributed by atoms with van der Waals surface area (Å²) in [4.78, 5) is 29.5. The van der Waals surface area contributed by atoms with Crippen LogP contribution in [0.1, 0.15) is 58.8 Å². The Kier molecular flexibility index (Phi) is 4.70. The molecule has 0 saturated carbocycles. The van der Waals surface area contributed by atoms with Gasteiger partial charge in [-0.2, -0.15) is 0 Å². The van der Waals surface area contributed by atoms with Crippen LogP contribution in [0.25, 0.3) is 0 Å². The van der Waals surface area contributed by atoms with Crippen LogP contribution < -0.4 is 0 Å². The van der Waals surface area contributed by atoms with E-state index < -0.39 is 0 Å². The molecule has 1 amide bonds. The van der Waals surface area contributed by atoms with Crippen LogP contribution in [0, 0.1) is 19.8 Å². The van der Waals surface area contributed by atoms with Gasteiger partial charge in [-0.1, -0.05) is 6.92 Å². The van der Waals surface area contributed by atoms with Gasteiger partial charge in [-0.3, -0.25) is 4.79 Å². The van der Waals surface area contributed by atoms with Crippen molar-refractivity contribution in [1.82, 2.24) is 9.88 Å². The average Bonchev–Trinajstić information content (AvgIpc) is 2.74. The van der Waals surface area contributed by atoms with Gasteiger partial charge in [-0.25, -0.2) is 4.79 Å². The number of hydrogen-bond acceptors (Lipinski definition) is 3. The molecule has 21 heavy (non-hydrogen) atoms. The predicted molar refractivity (Wildman–Crippen MR) is 80.5 cm³/mol. The smallest absolute Gasteiger partial charge is 0.340 e. The maximum atomic E-state index is 12.6. The van der Waals surface area contributed by atoms with Crippen LogP contribution in [0.4, 0.5) is 0 Å². The fourth-order valence-corrected chi connectivity index (χ4v) is 2.84. The summed E-state index contributed by atoms with van der Waals surface area (Å²) in [5.41, 5.74) is 2.39. The molecule has 0 spiro atoms. The first-order chi connectivity index (χ1) is 9.95. The molecule has 0 aromatic carbocycles. The molecule has 0 unspecified atom stereocenters. The highest BCUT2D eigenvalue weighted by Gasteiger charge is 2.27. The second kappa shape index (κ2) is 6.33. The van der Waals surface area contributed by atoms with Crippen molar-refractivity contribution < 1.29 is 14.3 Å². The molecule has 1 saturated heterocycles. The molecule has 1 aromatic rings. The number of aromatic nitrogens is 1. The molecule has 1 aromatic heterocycles. The van der Waals surface area contributed by atoms with Crippen molar-refractivity contribution in [2.24, 2.45) is 5.92 Å². The van der Waals surface area contributed by atoms with Crippen molar-refractivity contribution in [2.75, 3.05) is 19.7 Å². The van der Waals surface area contributed by atoms with Gasteiger partial charge in [-0.05, 0) is 45.1 Å². The Morgan fingerprint density at radius 3 is 2.48 bits per heavy atom. The Labute approximate surface area is 125 Å². The van der Waals surface area contributed by atoms with Gasteiger partial charge in [0.25, 0.3) is 5.91 Å². The normalized spacial score (nSPS) is 16.1. The van der Waals surface area contributed by atoms with Crippen LogP contribution in [0.15, 0.2) is 0 Å². The lowest BCUT2D eigenvalue weighted by atomic mass is 9.99. The number of H-pyrrole nitrogens is 1. The van der Waals surface area contributed by atoms with Gasteiger partial charge in [0, 0.05) is 18.8 Å². The molecule has 2 rings (SSSR count). The standard InChI is InChI=1S/C16H24N2O3/c1-5-21-16(20)13-11(3)14(17-12(13)4)15(19)18-8-6-10(2)7-9-18/h10,17H,5-9H2,1-4H3. The monoisotopic (exact) mass is 292 g/mol. The van der Waals surface area contributed by atoms with E-state index in [1.54, 1.807) is 20.8 Å². The van der Waals surface area contributed by atoms with Crippen molar-refractivity contribution in [2.45, 2.75) is 40.5 Å². The van der Waals surface area contributed by atoms with Gasteiger partial charge < -0.3 is 14.6 Å². The summed E-state index contributed by atoms with van der Waals surface area (Å²) in [6.45, 7) is 9.49. The van der Waals surface area contributed by atoms with Gasteiger partial charge in [0.15, 0.2) is 0 Å². The molecular weight excluding hydrogens is 268 g/mol. The van der Waals surface area contributed by atoms with E-state index in [1.807, 2.05) is 4.90 Å². The second-order valence-electron chi connectivity index (χ2n) is 5.82. The van der Waals surface area contributed by atoms with Crippen molar-refractivity contribution in [3.63, 3.8) is 0 Å². The van der Waals surface area contributed by atoms with E-state index in [1.165, 1.54) is 0 Å². The van der Waals surface area contributed by atoms with E-state index in [9.17, 15) is 9.59 Å². The Bertz CT molecular complexity index is 540. The molecule has 0 bridgehead atoms. The van der Waals surface area contributed by atoms with E-state index in [0.717, 1.165) is 25.9 Å². The molecule has 2 heterocycles. The summed E-state index contributed by atoms with van der Waals surface area (Å²) in [7, 11) is 0. The zero-order valence-corrected chi connectivity index (χ0v) is 13.3. The number of aryl methyl sites for hydroxylation is 1. The third-order valence-corrected chi connectivity index (χ3v) is 4.20. The van der Waals surface area contributed by atoms with Gasteiger partial charge in [0.1, 0.15) is 5.69 Å². The lowest BCUT2D eigenvalue weighted by Crippen LogP contribution is -2.38. The molecule has 0 atom stereocenters. The van der Waals surface area contributed by atoms with E-state index in [-0.39, 0.29) is 11.9 Å². The lowest BCUT2D eigenvalue weighted by Gasteiger charge is -2.30. The molecule has 0 radical (unpaired) electrons. The highest BCUT2D eigenvalue weighted by molar-refractivity contribution is 6.00. The number of hydrogen-bond donors (Lipinski definition) is 1. The van der Waals surface area contributed by atoms with Crippen molar-refractivity contribution in [3.8, 4) is 0 Å². The topological polar surface area (TPSA) is 62.4 Å². The van der Waals surface area contributed by atoms with Crippen LogP contribution in [-0.2, 0) is 4.74 Å². The number of nitrogens with one attached hydrogen (secondary N) is 1. The zero-order valence-electron chi connectivity index (χ0n) is 13.3. The first kappa shape index (κ1) is 15.6. The average molecular weight is 292 g/mol. The highest BCUT2D eigenvalue weighted by Crippen LogP contribution is 2.23. The number of aromatic amines is 1. The van der Waals surface area contributed by atoms with Gasteiger partial charge >= 0.3 is 5.97 Å². The van der Waals surface area contributed by atoms with Gasteiger partial charge in [-0.15, -0.1) is 0 Å². The number of carbonyl (C=O) groups excluding carboxylic acids is 2. The SMILES string of the molecule is CCOC(=O)c1c(C)[nH]c(C(=O)N2CCC(C)CC2)c1C. The fourth-order valence-electron chi connectivity index (χ4n) is 2.84. The number of ether oxygens (including phenoxy) is 1. The van der Waals surface area contributed by atoms with Crippen molar-refractivity contribution >= 4 is 11.9 Å². The van der Waals surface area contributed by atoms with Crippen LogP contribution in [0.5, 0.6) is 0 Å². The van der Waals surface area contributed by atoms with E-state index in [0.29, 0.717) is 35.0 Å². The number of likely N-dealkylation sites (tertiary alicyclic amines) is 1. The minimum absolute atomic E-state index is 0.0157. The Balaban J connectivity index is 2.22. The summed E-state index contributed by atoms with van der Waals surface area (Å²) in [6.07, 6.45) is 2.07. The molecule has 1 fully saturated rings. The lowest BCUT2D eigenvalue weighted by molar-refractivity contribution is 0.0525. The number of amides is 1. The maximum Gasteiger partial charge on any atom is 0.340 e. The van der Waals surface area contributed by atoms with Crippen molar-refractivity contribution in [3.05, 3.63) is 22.5 Å². The number of piperidine rings is 1. The summed E-state index contributed by atoms with van der Waals surface area (Å²) in [6, 6.07) is 0. The third kappa shape index (κ3) is 3.12. The molecular formula is C16H24N2O3. The minimum Gasteiger partial charge on any atom is -0.462 e. The van der Waals surface area contributed by atoms with Crippen LogP contribution >= 0.6 is 0 Å². The Morgan fingerprint density at radius 1 is 1.29 bits per heavy atom. The van der Waals surface area contributed by atoms with Crippen LogP contribution in [0.3, 0.4) is 0 Å². The Morgan fingerprint density at radius 2 is 1.90 bits per heavy atom. The number of carbonyl (C=O) groups is 2. The second-order valence-corrected chi connectivity index (χ2v) is 5.82. The molecule has 1 aliphatic heterocycles. The summed E-state index contributed by atoms with van der Waals surface area (Å²) in [5, 5.41) is 0. The molecule has 1 N–H and O–H groups in total. The molecule has 0 aliphatic carbocycles. The summed E-state index contributed by atoms with van der Waals surface area (Å²) >= 11 is 0. The van der Waals surface area contributed by atoms with Crippen LogP contribution in [0.2, 0.25) is 0 Å². The molecule has 5 heteroatoms. The van der Waals surface area contributed by atoms with Crippen LogP contribution in [-0.4, -0.2) is 41.5 Å². The fraction of sp³-hybridized carbons (Fsp3) is 0.625. The zero-order chi connectivity index (χ0) is 15.6. The Hall–Kier alpha value is -1.78. The quantitative estimate of drug-likeness (QED) is 0.871. The van der Waals surface area contributed by atoms with E-state index in [4.69, 9.17) is 4.74 Å². The summed E-state index contributed by atoms with van der Waals surface area (Å²) in [5.74, 6) is 0.295.